The average Bonchev–Trinajstić information content (AvgIpc) is 3.23. The van der Waals surface area contributed by atoms with Crippen molar-refractivity contribution in [3.05, 3.63) is 23.9 Å². The molecule has 0 aliphatic heterocycles. The molecule has 0 aromatic carbocycles. The van der Waals surface area contributed by atoms with E-state index in [0.29, 0.717) is 0 Å². The number of pyridine rings is 1. The third kappa shape index (κ3) is 4.83. The molecule has 2 rings (SSSR count). The SMILES string of the molecule is CCCNCc1ccnc(N(CCC)CC2CC2)c1. The molecule has 3 heteroatoms. The lowest BCUT2D eigenvalue weighted by atomic mass is 10.2. The van der Waals surface area contributed by atoms with Crippen LogP contribution in [-0.4, -0.2) is 24.6 Å². The Bertz CT molecular complexity index is 374. The molecule has 1 aromatic rings. The minimum Gasteiger partial charge on any atom is -0.356 e. The van der Waals surface area contributed by atoms with Crippen molar-refractivity contribution in [1.82, 2.24) is 10.3 Å². The summed E-state index contributed by atoms with van der Waals surface area (Å²) in [5.74, 6) is 2.07. The maximum atomic E-state index is 4.57. The third-order valence-corrected chi connectivity index (χ3v) is 3.56. The highest BCUT2D eigenvalue weighted by Gasteiger charge is 2.24. The van der Waals surface area contributed by atoms with E-state index in [1.807, 2.05) is 6.20 Å². The van der Waals surface area contributed by atoms with E-state index in [-0.39, 0.29) is 0 Å². The van der Waals surface area contributed by atoms with Gasteiger partial charge in [-0.25, -0.2) is 4.98 Å². The minimum atomic E-state index is 0.912. The van der Waals surface area contributed by atoms with Crippen LogP contribution in [0, 0.1) is 5.92 Å². The number of nitrogens with one attached hydrogen (secondary N) is 1. The fourth-order valence-corrected chi connectivity index (χ4v) is 2.33. The summed E-state index contributed by atoms with van der Waals surface area (Å²) in [6, 6.07) is 4.37. The van der Waals surface area contributed by atoms with Gasteiger partial charge in [-0.1, -0.05) is 13.8 Å². The van der Waals surface area contributed by atoms with Gasteiger partial charge in [0.05, 0.1) is 0 Å². The van der Waals surface area contributed by atoms with Crippen LogP contribution >= 0.6 is 0 Å². The molecular formula is C16H27N3. The number of aromatic nitrogens is 1. The summed E-state index contributed by atoms with van der Waals surface area (Å²) in [5.41, 5.74) is 1.34. The lowest BCUT2D eigenvalue weighted by molar-refractivity contribution is 0.671. The van der Waals surface area contributed by atoms with Crippen molar-refractivity contribution in [1.29, 1.82) is 0 Å². The van der Waals surface area contributed by atoms with Crippen LogP contribution in [0.4, 0.5) is 5.82 Å². The fourth-order valence-electron chi connectivity index (χ4n) is 2.33. The Morgan fingerprint density at radius 1 is 1.32 bits per heavy atom. The van der Waals surface area contributed by atoms with Crippen LogP contribution in [0.2, 0.25) is 0 Å². The van der Waals surface area contributed by atoms with Gasteiger partial charge in [0.2, 0.25) is 0 Å². The van der Waals surface area contributed by atoms with Crippen LogP contribution in [0.15, 0.2) is 18.3 Å². The molecule has 0 radical (unpaired) electrons. The van der Waals surface area contributed by atoms with E-state index in [9.17, 15) is 0 Å². The third-order valence-electron chi connectivity index (χ3n) is 3.56. The van der Waals surface area contributed by atoms with Gasteiger partial charge in [0.15, 0.2) is 0 Å². The van der Waals surface area contributed by atoms with Gasteiger partial charge in [-0.15, -0.1) is 0 Å². The molecule has 3 nitrogen and oxygen atoms in total. The quantitative estimate of drug-likeness (QED) is 0.692. The van der Waals surface area contributed by atoms with Crippen molar-refractivity contribution in [3.8, 4) is 0 Å². The van der Waals surface area contributed by atoms with Gasteiger partial charge >= 0.3 is 0 Å². The first kappa shape index (κ1) is 14.3. The largest absolute Gasteiger partial charge is 0.356 e. The highest BCUT2D eigenvalue weighted by Crippen LogP contribution is 2.31. The van der Waals surface area contributed by atoms with Crippen molar-refractivity contribution in [2.24, 2.45) is 5.92 Å². The van der Waals surface area contributed by atoms with Gasteiger partial charge in [-0.3, -0.25) is 0 Å². The van der Waals surface area contributed by atoms with E-state index < -0.39 is 0 Å². The monoisotopic (exact) mass is 261 g/mol. The molecule has 0 spiro atoms. The minimum absolute atomic E-state index is 0.912. The Labute approximate surface area is 117 Å². The van der Waals surface area contributed by atoms with Crippen molar-refractivity contribution in [2.75, 3.05) is 24.5 Å². The number of anilines is 1. The lowest BCUT2D eigenvalue weighted by Gasteiger charge is -2.23. The van der Waals surface area contributed by atoms with Crippen LogP contribution in [0.1, 0.15) is 45.1 Å². The van der Waals surface area contributed by atoms with Crippen molar-refractivity contribution >= 4 is 5.82 Å². The first-order valence-electron chi connectivity index (χ1n) is 7.74. The normalized spacial score (nSPS) is 14.6. The second-order valence-corrected chi connectivity index (χ2v) is 5.59. The van der Waals surface area contributed by atoms with Crippen LogP contribution in [0.5, 0.6) is 0 Å². The highest BCUT2D eigenvalue weighted by atomic mass is 15.2. The molecule has 1 fully saturated rings. The molecular weight excluding hydrogens is 234 g/mol. The van der Waals surface area contributed by atoms with Gasteiger partial charge in [0.25, 0.3) is 0 Å². The molecule has 1 heterocycles. The molecule has 1 saturated carbocycles. The number of rotatable bonds is 9. The predicted octanol–water partition coefficient (Wildman–Crippen LogP) is 3.21. The number of nitrogens with zero attached hydrogens (tertiary/aromatic N) is 2. The molecule has 0 bridgehead atoms. The van der Waals surface area contributed by atoms with Gasteiger partial charge in [-0.05, 0) is 55.8 Å². The molecule has 1 aromatic heterocycles. The summed E-state index contributed by atoms with van der Waals surface area (Å²) in [6.07, 6.45) is 7.12. The van der Waals surface area contributed by atoms with E-state index in [1.54, 1.807) is 0 Å². The number of hydrogen-bond acceptors (Lipinski definition) is 3. The predicted molar refractivity (Wildman–Crippen MR) is 81.5 cm³/mol. The van der Waals surface area contributed by atoms with Gasteiger partial charge in [0, 0.05) is 25.8 Å². The molecule has 106 valence electrons. The molecule has 1 aliphatic rings. The molecule has 1 N–H and O–H groups in total. The molecule has 1 aliphatic carbocycles. The molecule has 0 saturated heterocycles. The summed E-state index contributed by atoms with van der Waals surface area (Å²) >= 11 is 0. The summed E-state index contributed by atoms with van der Waals surface area (Å²) in [7, 11) is 0. The molecule has 0 unspecified atom stereocenters. The molecule has 19 heavy (non-hydrogen) atoms. The van der Waals surface area contributed by atoms with Crippen molar-refractivity contribution in [3.63, 3.8) is 0 Å². The smallest absolute Gasteiger partial charge is 0.128 e. The summed E-state index contributed by atoms with van der Waals surface area (Å²) in [4.78, 5) is 7.02. The lowest BCUT2D eigenvalue weighted by Crippen LogP contribution is -2.27. The maximum Gasteiger partial charge on any atom is 0.128 e. The Morgan fingerprint density at radius 2 is 2.16 bits per heavy atom. The van der Waals surface area contributed by atoms with Crippen LogP contribution in [-0.2, 0) is 6.54 Å². The first-order chi connectivity index (χ1) is 9.33. The second kappa shape index (κ2) is 7.49. The highest BCUT2D eigenvalue weighted by molar-refractivity contribution is 5.41. The van der Waals surface area contributed by atoms with Gasteiger partial charge in [0.1, 0.15) is 5.82 Å². The Balaban J connectivity index is 1.97. The topological polar surface area (TPSA) is 28.2 Å². The summed E-state index contributed by atoms with van der Waals surface area (Å²) < 4.78 is 0. The second-order valence-electron chi connectivity index (χ2n) is 5.59. The van der Waals surface area contributed by atoms with Crippen LogP contribution in [0.3, 0.4) is 0 Å². The zero-order valence-electron chi connectivity index (χ0n) is 12.4. The van der Waals surface area contributed by atoms with E-state index >= 15 is 0 Å². The van der Waals surface area contributed by atoms with Crippen LogP contribution in [0.25, 0.3) is 0 Å². The standard InChI is InChI=1S/C16H27N3/c1-3-8-17-12-15-7-9-18-16(11-15)19(10-4-2)13-14-5-6-14/h7,9,11,14,17H,3-6,8,10,12-13H2,1-2H3. The average molecular weight is 261 g/mol. The molecule has 0 amide bonds. The van der Waals surface area contributed by atoms with Crippen molar-refractivity contribution in [2.45, 2.75) is 46.1 Å². The fraction of sp³-hybridized carbons (Fsp3) is 0.688. The maximum absolute atomic E-state index is 4.57. The first-order valence-corrected chi connectivity index (χ1v) is 7.74. The zero-order chi connectivity index (χ0) is 13.5. The Kier molecular flexibility index (Phi) is 5.64. The Morgan fingerprint density at radius 3 is 2.84 bits per heavy atom. The summed E-state index contributed by atoms with van der Waals surface area (Å²) in [5, 5.41) is 3.46. The van der Waals surface area contributed by atoms with E-state index in [4.69, 9.17) is 0 Å². The van der Waals surface area contributed by atoms with Crippen LogP contribution < -0.4 is 10.2 Å². The molecule has 0 atom stereocenters. The van der Waals surface area contributed by atoms with Gasteiger partial charge < -0.3 is 10.2 Å². The van der Waals surface area contributed by atoms with E-state index in [1.165, 1.54) is 37.8 Å². The van der Waals surface area contributed by atoms with E-state index in [0.717, 1.165) is 31.4 Å². The van der Waals surface area contributed by atoms with Gasteiger partial charge in [-0.2, -0.15) is 0 Å². The zero-order valence-corrected chi connectivity index (χ0v) is 12.4. The summed E-state index contributed by atoms with van der Waals surface area (Å²) in [6.45, 7) is 8.78. The Hall–Kier alpha value is -1.09. The van der Waals surface area contributed by atoms with Crippen molar-refractivity contribution < 1.29 is 0 Å². The number of hydrogen-bond donors (Lipinski definition) is 1. The van der Waals surface area contributed by atoms with E-state index in [2.05, 4.69) is 41.2 Å².